The average molecular weight is 431 g/mol. The van der Waals surface area contributed by atoms with Crippen molar-refractivity contribution < 1.29 is 14.2 Å². The molecule has 0 N–H and O–H groups in total. The number of hydrogen-bond acceptors (Lipinski definition) is 4. The van der Waals surface area contributed by atoms with E-state index < -0.39 is 13.7 Å². The van der Waals surface area contributed by atoms with Crippen LogP contribution in [0.3, 0.4) is 0 Å². The second kappa shape index (κ2) is 8.55. The van der Waals surface area contributed by atoms with Crippen molar-refractivity contribution in [2.45, 2.75) is 31.8 Å². The molecule has 0 radical (unpaired) electrons. The zero-order valence-electron chi connectivity index (χ0n) is 17.8. The molecule has 0 aromatic heterocycles. The summed E-state index contributed by atoms with van der Waals surface area (Å²) in [4.78, 5) is 4.54. The van der Waals surface area contributed by atoms with Gasteiger partial charge in [0.15, 0.2) is 11.9 Å². The van der Waals surface area contributed by atoms with Crippen molar-refractivity contribution >= 4 is 29.7 Å². The monoisotopic (exact) mass is 431 g/mol. The summed E-state index contributed by atoms with van der Waals surface area (Å²) in [6, 6.07) is 30.0. The topological polar surface area (TPSA) is 40.0 Å². The van der Waals surface area contributed by atoms with Gasteiger partial charge in [0, 0.05) is 0 Å². The van der Waals surface area contributed by atoms with E-state index in [0.717, 1.165) is 5.56 Å². The Morgan fingerprint density at radius 2 is 1.35 bits per heavy atom. The number of aliphatic imine (C=N–C) groups is 1. The van der Waals surface area contributed by atoms with Crippen LogP contribution >= 0.6 is 7.92 Å². The third-order valence-electron chi connectivity index (χ3n) is 5.46. The molecule has 3 aromatic carbocycles. The van der Waals surface area contributed by atoms with Crippen molar-refractivity contribution in [3.63, 3.8) is 0 Å². The largest absolute Gasteiger partial charge is 0.477 e. The second-order valence-electron chi connectivity index (χ2n) is 8.11. The van der Waals surface area contributed by atoms with E-state index in [1.165, 1.54) is 15.9 Å². The lowest BCUT2D eigenvalue weighted by Crippen LogP contribution is -2.31. The van der Waals surface area contributed by atoms with Gasteiger partial charge in [0.05, 0.1) is 6.54 Å². The van der Waals surface area contributed by atoms with Gasteiger partial charge in [0.1, 0.15) is 12.7 Å². The standard InChI is InChI=1S/C26H26NO3P/c1-26(2)29-23(24(30-26)25-27-17-18-28-25)21-15-9-10-16-22(21)31(19-11-5-3-6-12-19)20-13-7-4-8-14-20/h3-16,23-24H,17-18H2,1-2H3/t23-,24+/m0/s1. The van der Waals surface area contributed by atoms with E-state index in [1.54, 1.807) is 0 Å². The molecule has 2 atom stereocenters. The maximum Gasteiger partial charge on any atom is 0.216 e. The summed E-state index contributed by atoms with van der Waals surface area (Å²) >= 11 is 0. The predicted molar refractivity (Wildman–Crippen MR) is 126 cm³/mol. The van der Waals surface area contributed by atoms with Gasteiger partial charge in [0.2, 0.25) is 5.90 Å². The van der Waals surface area contributed by atoms with Crippen LogP contribution in [-0.2, 0) is 14.2 Å². The SMILES string of the molecule is CC1(C)O[C@@H](C2=NCCO2)[C@H](c2ccccc2P(c2ccccc2)c2ccccc2)O1. The molecule has 158 valence electrons. The number of nitrogens with zero attached hydrogens (tertiary/aromatic N) is 1. The third kappa shape index (κ3) is 4.16. The molecule has 2 heterocycles. The lowest BCUT2D eigenvalue weighted by atomic mass is 10.0. The Balaban J connectivity index is 1.64. The predicted octanol–water partition coefficient (Wildman–Crippen LogP) is 4.07. The minimum atomic E-state index is -0.761. The molecule has 0 aliphatic carbocycles. The molecular weight excluding hydrogens is 405 g/mol. The minimum Gasteiger partial charge on any atom is -0.477 e. The molecule has 0 amide bonds. The number of benzene rings is 3. The van der Waals surface area contributed by atoms with E-state index in [-0.39, 0.29) is 12.2 Å². The fourth-order valence-corrected chi connectivity index (χ4v) is 6.70. The first-order valence-electron chi connectivity index (χ1n) is 10.6. The molecule has 0 spiro atoms. The van der Waals surface area contributed by atoms with E-state index in [4.69, 9.17) is 14.2 Å². The molecule has 0 saturated carbocycles. The first-order valence-corrected chi connectivity index (χ1v) is 12.0. The zero-order valence-corrected chi connectivity index (χ0v) is 18.7. The Kier molecular flexibility index (Phi) is 5.62. The first-order chi connectivity index (χ1) is 15.1. The quantitative estimate of drug-likeness (QED) is 0.572. The van der Waals surface area contributed by atoms with Gasteiger partial charge in [-0.15, -0.1) is 0 Å². The fourth-order valence-electron chi connectivity index (χ4n) is 4.21. The molecule has 1 saturated heterocycles. The Bertz CT molecular complexity index is 1030. The van der Waals surface area contributed by atoms with Crippen molar-refractivity contribution in [1.82, 2.24) is 0 Å². The summed E-state index contributed by atoms with van der Waals surface area (Å²) in [6.45, 7) is 5.18. The van der Waals surface area contributed by atoms with Crippen molar-refractivity contribution in [3.8, 4) is 0 Å². The Morgan fingerprint density at radius 3 is 1.97 bits per heavy atom. The van der Waals surface area contributed by atoms with Crippen LogP contribution in [0.25, 0.3) is 0 Å². The molecule has 4 nitrogen and oxygen atoms in total. The molecule has 1 fully saturated rings. The highest BCUT2D eigenvalue weighted by Crippen LogP contribution is 2.43. The van der Waals surface area contributed by atoms with Crippen molar-refractivity contribution in [1.29, 1.82) is 0 Å². The molecule has 0 unspecified atom stereocenters. The van der Waals surface area contributed by atoms with Crippen LogP contribution in [-0.4, -0.2) is 30.9 Å². The van der Waals surface area contributed by atoms with Crippen molar-refractivity contribution in [3.05, 3.63) is 90.5 Å². The van der Waals surface area contributed by atoms with Crippen LogP contribution in [0.15, 0.2) is 89.9 Å². The lowest BCUT2D eigenvalue weighted by molar-refractivity contribution is -0.143. The van der Waals surface area contributed by atoms with E-state index >= 15 is 0 Å². The molecule has 3 aromatic rings. The summed E-state index contributed by atoms with van der Waals surface area (Å²) in [7, 11) is -0.761. The maximum absolute atomic E-state index is 6.45. The molecular formula is C26H26NO3P. The summed E-state index contributed by atoms with van der Waals surface area (Å²) in [5, 5.41) is 3.88. The van der Waals surface area contributed by atoms with Gasteiger partial charge in [-0.2, -0.15) is 0 Å². The first kappa shape index (κ1) is 20.4. The van der Waals surface area contributed by atoms with Gasteiger partial charge < -0.3 is 14.2 Å². The van der Waals surface area contributed by atoms with E-state index in [1.807, 2.05) is 13.8 Å². The number of ether oxygens (including phenoxy) is 3. The fraction of sp³-hybridized carbons (Fsp3) is 0.269. The zero-order chi connectivity index (χ0) is 21.3. The summed E-state index contributed by atoms with van der Waals surface area (Å²) in [5.41, 5.74) is 1.13. The van der Waals surface area contributed by atoms with Gasteiger partial charge in [-0.3, -0.25) is 0 Å². The lowest BCUT2D eigenvalue weighted by Gasteiger charge is -2.26. The van der Waals surface area contributed by atoms with Gasteiger partial charge in [-0.25, -0.2) is 4.99 Å². The summed E-state index contributed by atoms with van der Waals surface area (Å²) < 4.78 is 18.5. The van der Waals surface area contributed by atoms with Gasteiger partial charge in [-0.05, 0) is 43.2 Å². The van der Waals surface area contributed by atoms with Gasteiger partial charge in [-0.1, -0.05) is 84.9 Å². The Hall–Kier alpha value is -2.52. The maximum atomic E-state index is 6.45. The van der Waals surface area contributed by atoms with Crippen LogP contribution in [0.5, 0.6) is 0 Å². The normalized spacial score (nSPS) is 22.4. The summed E-state index contributed by atoms with van der Waals surface area (Å²) in [5.74, 6) is -0.0618. The average Bonchev–Trinajstić information content (AvgIpc) is 3.43. The Morgan fingerprint density at radius 1 is 0.774 bits per heavy atom. The highest BCUT2D eigenvalue weighted by molar-refractivity contribution is 7.79. The van der Waals surface area contributed by atoms with Crippen LogP contribution in [0.2, 0.25) is 0 Å². The smallest absolute Gasteiger partial charge is 0.216 e. The van der Waals surface area contributed by atoms with Crippen LogP contribution in [0, 0.1) is 0 Å². The van der Waals surface area contributed by atoms with E-state index in [2.05, 4.69) is 89.9 Å². The van der Waals surface area contributed by atoms with Crippen LogP contribution in [0.1, 0.15) is 25.5 Å². The third-order valence-corrected chi connectivity index (χ3v) is 7.98. The van der Waals surface area contributed by atoms with Crippen LogP contribution in [0.4, 0.5) is 0 Å². The van der Waals surface area contributed by atoms with E-state index in [9.17, 15) is 0 Å². The van der Waals surface area contributed by atoms with Gasteiger partial charge in [0.25, 0.3) is 0 Å². The second-order valence-corrected chi connectivity index (χ2v) is 10.3. The van der Waals surface area contributed by atoms with Crippen molar-refractivity contribution in [2.75, 3.05) is 13.2 Å². The van der Waals surface area contributed by atoms with Crippen molar-refractivity contribution in [2.24, 2.45) is 4.99 Å². The minimum absolute atomic E-state index is 0.277. The molecule has 31 heavy (non-hydrogen) atoms. The molecule has 2 aliphatic rings. The molecule has 5 rings (SSSR count). The highest BCUT2D eigenvalue weighted by atomic mass is 31.1. The Labute approximate surface area is 184 Å². The van der Waals surface area contributed by atoms with Crippen LogP contribution < -0.4 is 15.9 Å². The molecule has 0 bridgehead atoms. The molecule has 2 aliphatic heterocycles. The van der Waals surface area contributed by atoms with Gasteiger partial charge >= 0.3 is 0 Å². The summed E-state index contributed by atoms with van der Waals surface area (Å²) in [6.07, 6.45) is -0.623. The number of hydrogen-bond donors (Lipinski definition) is 0. The molecule has 5 heteroatoms. The van der Waals surface area contributed by atoms with E-state index in [0.29, 0.717) is 19.0 Å². The number of rotatable bonds is 5. The highest BCUT2D eigenvalue weighted by Gasteiger charge is 2.47.